The average Bonchev–Trinajstić information content (AvgIpc) is 2.32. The summed E-state index contributed by atoms with van der Waals surface area (Å²) in [6, 6.07) is 8.56. The zero-order valence-corrected chi connectivity index (χ0v) is 11.4. The smallest absolute Gasteiger partial charge is 0.356 e. The van der Waals surface area contributed by atoms with Gasteiger partial charge in [-0.25, -0.2) is 0 Å². The summed E-state index contributed by atoms with van der Waals surface area (Å²) in [7, 11) is 0. The van der Waals surface area contributed by atoms with Crippen LogP contribution in [0.25, 0.3) is 0 Å². The van der Waals surface area contributed by atoms with Gasteiger partial charge in [0.1, 0.15) is 0 Å². The molecule has 1 aromatic rings. The van der Waals surface area contributed by atoms with Crippen molar-refractivity contribution in [1.82, 2.24) is 5.32 Å². The van der Waals surface area contributed by atoms with Crippen LogP contribution in [-0.2, 0) is 20.1 Å². The minimum atomic E-state index is 0.0472. The Bertz CT molecular complexity index is 384. The van der Waals surface area contributed by atoms with Gasteiger partial charge in [-0.3, -0.25) is 4.79 Å². The maximum Gasteiger partial charge on any atom is 0.373 e. The summed E-state index contributed by atoms with van der Waals surface area (Å²) in [4.78, 5) is 26.8. The molecule has 0 aliphatic heterocycles. The van der Waals surface area contributed by atoms with Gasteiger partial charge in [0.15, 0.2) is 0 Å². The van der Waals surface area contributed by atoms with E-state index in [0.717, 1.165) is 18.1 Å². The number of hydrogen-bond acceptors (Lipinski definition) is 4. The minimum Gasteiger partial charge on any atom is -0.356 e. The minimum absolute atomic E-state index is 0.0472. The predicted octanol–water partition coefficient (Wildman–Crippen LogP) is 1.78. The lowest BCUT2D eigenvalue weighted by molar-refractivity contribution is -0.191. The van der Waals surface area contributed by atoms with E-state index in [2.05, 4.69) is 36.5 Å². The van der Waals surface area contributed by atoms with Crippen molar-refractivity contribution in [3.8, 4) is 0 Å². The third-order valence-electron chi connectivity index (χ3n) is 2.01. The van der Waals surface area contributed by atoms with Crippen molar-refractivity contribution in [1.29, 1.82) is 0 Å². The van der Waals surface area contributed by atoms with Crippen molar-refractivity contribution in [3.05, 3.63) is 35.4 Å². The molecule has 0 heterocycles. The Morgan fingerprint density at radius 1 is 1.28 bits per heavy atom. The number of amides is 1. The number of rotatable bonds is 5. The summed E-state index contributed by atoms with van der Waals surface area (Å²) in [5.74, 6) is 2.03. The Labute approximate surface area is 111 Å². The highest BCUT2D eigenvalue weighted by Crippen LogP contribution is 2.12. The normalized spacial score (nSPS) is 8.78. The fraction of sp³-hybridized carbons (Fsp3) is 0.385. The molecule has 0 aliphatic rings. The number of benzene rings is 1. The van der Waals surface area contributed by atoms with Crippen molar-refractivity contribution >= 4 is 23.8 Å². The summed E-state index contributed by atoms with van der Waals surface area (Å²) in [6.45, 7) is 4.39. The first-order chi connectivity index (χ1) is 8.60. The molecule has 4 nitrogen and oxygen atoms in total. The van der Waals surface area contributed by atoms with Crippen molar-refractivity contribution in [2.45, 2.75) is 19.6 Å². The van der Waals surface area contributed by atoms with Crippen LogP contribution in [0, 0.1) is 6.92 Å². The second-order valence-corrected chi connectivity index (χ2v) is 4.71. The monoisotopic (exact) mass is 267 g/mol. The van der Waals surface area contributed by atoms with Crippen molar-refractivity contribution in [2.24, 2.45) is 0 Å². The van der Waals surface area contributed by atoms with E-state index in [-0.39, 0.29) is 12.1 Å². The largest absolute Gasteiger partial charge is 0.373 e. The van der Waals surface area contributed by atoms with Gasteiger partial charge < -0.3 is 5.32 Å². The van der Waals surface area contributed by atoms with Crippen LogP contribution in [-0.4, -0.2) is 24.4 Å². The number of thioether (sulfide) groups is 1. The summed E-state index contributed by atoms with van der Waals surface area (Å²) in [6.07, 6.45) is 0.250. The second kappa shape index (κ2) is 10.6. The Hall–Kier alpha value is -1.58. The molecule has 98 valence electrons. The summed E-state index contributed by atoms with van der Waals surface area (Å²) in [5, 5.41) is 2.78. The molecule has 1 rings (SSSR count). The molecular weight excluding hydrogens is 250 g/mol. The molecule has 1 aromatic carbocycles. The highest BCUT2D eigenvalue weighted by Gasteiger charge is 1.94. The van der Waals surface area contributed by atoms with E-state index in [1.165, 1.54) is 11.1 Å². The fourth-order valence-electron chi connectivity index (χ4n) is 1.17. The first-order valence-corrected chi connectivity index (χ1v) is 6.62. The molecule has 0 aliphatic carbocycles. The summed E-state index contributed by atoms with van der Waals surface area (Å²) in [5.41, 5.74) is 2.63. The Kier molecular flexibility index (Phi) is 9.64. The Morgan fingerprint density at radius 2 is 1.83 bits per heavy atom. The lowest BCUT2D eigenvalue weighted by Crippen LogP contribution is -2.22. The molecule has 0 aromatic heterocycles. The molecule has 0 radical (unpaired) electrons. The zero-order valence-electron chi connectivity index (χ0n) is 10.6. The maximum atomic E-state index is 10.6. The van der Waals surface area contributed by atoms with Crippen LogP contribution in [0.3, 0.4) is 0 Å². The molecule has 0 saturated carbocycles. The highest BCUT2D eigenvalue weighted by atomic mass is 32.2. The van der Waals surface area contributed by atoms with E-state index in [0.29, 0.717) is 0 Å². The van der Waals surface area contributed by atoms with E-state index in [4.69, 9.17) is 9.59 Å². The van der Waals surface area contributed by atoms with Gasteiger partial charge in [-0.1, -0.05) is 29.8 Å². The van der Waals surface area contributed by atoms with Gasteiger partial charge in [-0.15, -0.1) is 0 Å². The predicted molar refractivity (Wildman–Crippen MR) is 71.0 cm³/mol. The maximum absolute atomic E-state index is 10.6. The molecule has 18 heavy (non-hydrogen) atoms. The van der Waals surface area contributed by atoms with Gasteiger partial charge in [0.2, 0.25) is 5.91 Å². The van der Waals surface area contributed by atoms with Gasteiger partial charge in [0.05, 0.1) is 0 Å². The molecule has 0 atom stereocenters. The second-order valence-electron chi connectivity index (χ2n) is 3.60. The molecule has 0 bridgehead atoms. The standard InChI is InChI=1S/C12H17NOS.CO2/c1-10-3-5-12(6-4-10)9-15-8-7-13-11(2)14;2-1-3/h3-6H,7-9H2,1-2H3,(H,13,14);. The van der Waals surface area contributed by atoms with Crippen molar-refractivity contribution < 1.29 is 14.4 Å². The summed E-state index contributed by atoms with van der Waals surface area (Å²) < 4.78 is 0. The van der Waals surface area contributed by atoms with Crippen LogP contribution in [0.1, 0.15) is 18.1 Å². The first kappa shape index (κ1) is 16.4. The van der Waals surface area contributed by atoms with Gasteiger partial charge in [0, 0.05) is 25.0 Å². The van der Waals surface area contributed by atoms with Crippen LogP contribution in [0.15, 0.2) is 24.3 Å². The highest BCUT2D eigenvalue weighted by molar-refractivity contribution is 7.98. The topological polar surface area (TPSA) is 63.2 Å². The van der Waals surface area contributed by atoms with Crippen LogP contribution < -0.4 is 5.32 Å². The van der Waals surface area contributed by atoms with Gasteiger partial charge in [-0.05, 0) is 12.5 Å². The van der Waals surface area contributed by atoms with Crippen LogP contribution in [0.5, 0.6) is 0 Å². The first-order valence-electron chi connectivity index (χ1n) is 5.47. The number of carbonyl (C=O) groups is 1. The molecule has 0 spiro atoms. The van der Waals surface area contributed by atoms with Gasteiger partial charge in [-0.2, -0.15) is 21.4 Å². The molecule has 0 fully saturated rings. The zero-order chi connectivity index (χ0) is 13.8. The van der Waals surface area contributed by atoms with Crippen molar-refractivity contribution in [2.75, 3.05) is 12.3 Å². The third-order valence-corrected chi connectivity index (χ3v) is 3.04. The average molecular weight is 267 g/mol. The molecule has 1 N–H and O–H groups in total. The number of nitrogens with one attached hydrogen (secondary N) is 1. The van der Waals surface area contributed by atoms with Crippen LogP contribution in [0.2, 0.25) is 0 Å². The van der Waals surface area contributed by atoms with E-state index >= 15 is 0 Å². The quantitative estimate of drug-likeness (QED) is 0.826. The van der Waals surface area contributed by atoms with E-state index in [1.807, 2.05) is 11.8 Å². The fourth-order valence-corrected chi connectivity index (χ4v) is 1.99. The van der Waals surface area contributed by atoms with Crippen LogP contribution >= 0.6 is 11.8 Å². The SMILES string of the molecule is CC(=O)NCCSCc1ccc(C)cc1.O=C=O. The Morgan fingerprint density at radius 3 is 2.33 bits per heavy atom. The van der Waals surface area contributed by atoms with Crippen LogP contribution in [0.4, 0.5) is 0 Å². The van der Waals surface area contributed by atoms with E-state index < -0.39 is 0 Å². The van der Waals surface area contributed by atoms with E-state index in [1.54, 1.807) is 6.92 Å². The summed E-state index contributed by atoms with van der Waals surface area (Å²) >= 11 is 1.84. The van der Waals surface area contributed by atoms with Gasteiger partial charge >= 0.3 is 6.15 Å². The lowest BCUT2D eigenvalue weighted by Gasteiger charge is -2.03. The third kappa shape index (κ3) is 9.63. The number of aryl methyl sites for hydroxylation is 1. The molecule has 1 amide bonds. The number of hydrogen-bond donors (Lipinski definition) is 1. The molecule has 0 unspecified atom stereocenters. The molecular formula is C13H17NO3S. The molecule has 5 heteroatoms. The van der Waals surface area contributed by atoms with E-state index in [9.17, 15) is 4.79 Å². The molecule has 0 saturated heterocycles. The number of carbonyl (C=O) groups excluding carboxylic acids is 3. The van der Waals surface area contributed by atoms with Crippen molar-refractivity contribution in [3.63, 3.8) is 0 Å². The lowest BCUT2D eigenvalue weighted by atomic mass is 10.2. The Balaban J connectivity index is 0.000000873. The van der Waals surface area contributed by atoms with Gasteiger partial charge in [0.25, 0.3) is 0 Å².